The third-order valence-corrected chi connectivity index (χ3v) is 5.30. The van der Waals surface area contributed by atoms with E-state index in [4.69, 9.17) is 5.73 Å². The van der Waals surface area contributed by atoms with Gasteiger partial charge in [0.2, 0.25) is 11.8 Å². The Morgan fingerprint density at radius 2 is 1.85 bits per heavy atom. The van der Waals surface area contributed by atoms with Gasteiger partial charge in [-0.3, -0.25) is 14.5 Å². The van der Waals surface area contributed by atoms with Crippen LogP contribution in [0.4, 0.5) is 0 Å². The maximum atomic E-state index is 12.5. The number of nitrogens with two attached hydrogens (primary N) is 1. The van der Waals surface area contributed by atoms with Crippen LogP contribution in [0.3, 0.4) is 0 Å². The maximum absolute atomic E-state index is 12.5. The van der Waals surface area contributed by atoms with Gasteiger partial charge in [0.05, 0.1) is 18.6 Å². The number of halogens is 1. The summed E-state index contributed by atoms with van der Waals surface area (Å²) in [7, 11) is 0. The molecule has 1 aliphatic rings. The van der Waals surface area contributed by atoms with E-state index in [9.17, 15) is 9.59 Å². The molecular formula is C20H22BrN3O2. The van der Waals surface area contributed by atoms with Crippen LogP contribution in [0, 0.1) is 0 Å². The zero-order valence-corrected chi connectivity index (χ0v) is 16.2. The number of rotatable bonds is 5. The summed E-state index contributed by atoms with van der Waals surface area (Å²) in [6.07, 6.45) is 0.543. The van der Waals surface area contributed by atoms with Crippen molar-refractivity contribution >= 4 is 27.7 Å². The van der Waals surface area contributed by atoms with E-state index in [2.05, 4.69) is 21.2 Å². The molecule has 2 atom stereocenters. The zero-order chi connectivity index (χ0) is 18.7. The summed E-state index contributed by atoms with van der Waals surface area (Å²) in [5.41, 5.74) is 8.86. The second kappa shape index (κ2) is 8.01. The van der Waals surface area contributed by atoms with Crippen LogP contribution >= 0.6 is 15.9 Å². The van der Waals surface area contributed by atoms with Crippen molar-refractivity contribution in [1.82, 2.24) is 10.2 Å². The Balaban J connectivity index is 1.67. The number of benzene rings is 2. The van der Waals surface area contributed by atoms with Crippen LogP contribution in [0.15, 0.2) is 53.0 Å². The fraction of sp³-hybridized carbons (Fsp3) is 0.300. The first kappa shape index (κ1) is 18.6. The molecule has 0 spiro atoms. The number of amides is 2. The highest BCUT2D eigenvalue weighted by molar-refractivity contribution is 9.10. The molecule has 0 aromatic heterocycles. The van der Waals surface area contributed by atoms with Crippen molar-refractivity contribution in [3.8, 4) is 0 Å². The number of nitrogens with one attached hydrogen (secondary N) is 1. The van der Waals surface area contributed by atoms with Gasteiger partial charge < -0.3 is 11.1 Å². The summed E-state index contributed by atoms with van der Waals surface area (Å²) in [6, 6.07) is 15.2. The quantitative estimate of drug-likeness (QED) is 0.787. The summed E-state index contributed by atoms with van der Waals surface area (Å²) in [5, 5.41) is 3.00. The highest BCUT2D eigenvalue weighted by Crippen LogP contribution is 2.23. The van der Waals surface area contributed by atoms with Crippen LogP contribution in [0.2, 0.25) is 0 Å². The SMILES string of the molecule is CC(NC(=O)CN1Cc2ccccc2CC1C(N)=O)c1ccc(Br)cc1. The van der Waals surface area contributed by atoms with Crippen molar-refractivity contribution in [3.05, 3.63) is 69.7 Å². The maximum Gasteiger partial charge on any atom is 0.235 e. The number of fused-ring (bicyclic) bond motifs is 1. The number of hydrogen-bond donors (Lipinski definition) is 2. The molecule has 0 bridgehead atoms. The third kappa shape index (κ3) is 4.31. The standard InChI is InChI=1S/C20H22BrN3O2/c1-13(14-6-8-17(21)9-7-14)23-19(25)12-24-11-16-5-3-2-4-15(16)10-18(24)20(22)26/h2-9,13,18H,10-12H2,1H3,(H2,22,26)(H,23,25). The number of nitrogens with zero attached hydrogens (tertiary/aromatic N) is 1. The predicted octanol–water partition coefficient (Wildman–Crippen LogP) is 2.54. The van der Waals surface area contributed by atoms with Crippen LogP contribution in [-0.4, -0.2) is 29.3 Å². The van der Waals surface area contributed by atoms with Crippen LogP contribution in [-0.2, 0) is 22.6 Å². The van der Waals surface area contributed by atoms with Gasteiger partial charge in [-0.1, -0.05) is 52.3 Å². The van der Waals surface area contributed by atoms with Crippen LogP contribution in [0.25, 0.3) is 0 Å². The monoisotopic (exact) mass is 415 g/mol. The molecule has 2 aromatic carbocycles. The van der Waals surface area contributed by atoms with Gasteiger partial charge in [-0.25, -0.2) is 0 Å². The highest BCUT2D eigenvalue weighted by Gasteiger charge is 2.31. The van der Waals surface area contributed by atoms with Crippen molar-refractivity contribution in [2.24, 2.45) is 5.73 Å². The third-order valence-electron chi connectivity index (χ3n) is 4.77. The minimum atomic E-state index is -0.460. The molecule has 0 saturated heterocycles. The molecule has 2 unspecified atom stereocenters. The van der Waals surface area contributed by atoms with E-state index in [1.165, 1.54) is 0 Å². The average Bonchev–Trinajstić information content (AvgIpc) is 2.61. The topological polar surface area (TPSA) is 75.4 Å². The van der Waals surface area contributed by atoms with Crippen molar-refractivity contribution < 1.29 is 9.59 Å². The molecule has 0 fully saturated rings. The lowest BCUT2D eigenvalue weighted by Gasteiger charge is -2.34. The number of primary amides is 1. The molecule has 136 valence electrons. The number of hydrogen-bond acceptors (Lipinski definition) is 3. The van der Waals surface area contributed by atoms with Gasteiger partial charge in [0.15, 0.2) is 0 Å². The molecule has 3 rings (SSSR count). The van der Waals surface area contributed by atoms with E-state index in [1.807, 2.05) is 60.4 Å². The van der Waals surface area contributed by atoms with E-state index in [-0.39, 0.29) is 18.5 Å². The van der Waals surface area contributed by atoms with Gasteiger partial charge >= 0.3 is 0 Å². The van der Waals surface area contributed by atoms with Gasteiger partial charge in [0.25, 0.3) is 0 Å². The van der Waals surface area contributed by atoms with E-state index in [0.717, 1.165) is 21.2 Å². The average molecular weight is 416 g/mol. The van der Waals surface area contributed by atoms with Crippen LogP contribution in [0.5, 0.6) is 0 Å². The summed E-state index contributed by atoms with van der Waals surface area (Å²) >= 11 is 3.41. The van der Waals surface area contributed by atoms with Gasteiger partial charge in [0.1, 0.15) is 0 Å². The lowest BCUT2D eigenvalue weighted by molar-refractivity contribution is -0.127. The molecule has 0 saturated carbocycles. The molecule has 2 aromatic rings. The molecule has 0 radical (unpaired) electrons. The van der Waals surface area contributed by atoms with Crippen LogP contribution < -0.4 is 11.1 Å². The summed E-state index contributed by atoms with van der Waals surface area (Å²) in [6.45, 7) is 2.63. The Morgan fingerprint density at radius 3 is 2.50 bits per heavy atom. The molecule has 2 amide bonds. The molecule has 6 heteroatoms. The summed E-state index contributed by atoms with van der Waals surface area (Å²) < 4.78 is 0.996. The van der Waals surface area contributed by atoms with Crippen LogP contribution in [0.1, 0.15) is 29.7 Å². The van der Waals surface area contributed by atoms with Crippen molar-refractivity contribution in [3.63, 3.8) is 0 Å². The van der Waals surface area contributed by atoms with Crippen molar-refractivity contribution in [1.29, 1.82) is 0 Å². The first-order chi connectivity index (χ1) is 12.4. The Kier molecular flexibility index (Phi) is 5.74. The highest BCUT2D eigenvalue weighted by atomic mass is 79.9. The molecule has 1 heterocycles. The molecule has 26 heavy (non-hydrogen) atoms. The van der Waals surface area contributed by atoms with Gasteiger partial charge in [-0.15, -0.1) is 0 Å². The fourth-order valence-corrected chi connectivity index (χ4v) is 3.59. The molecule has 0 aliphatic carbocycles. The molecule has 1 aliphatic heterocycles. The van der Waals surface area contributed by atoms with Crippen molar-refractivity contribution in [2.75, 3.05) is 6.54 Å². The summed E-state index contributed by atoms with van der Waals surface area (Å²) in [4.78, 5) is 26.3. The lowest BCUT2D eigenvalue weighted by atomic mass is 9.93. The smallest absolute Gasteiger partial charge is 0.235 e. The second-order valence-electron chi connectivity index (χ2n) is 6.64. The summed E-state index contributed by atoms with van der Waals surface area (Å²) in [5.74, 6) is -0.515. The van der Waals surface area contributed by atoms with E-state index < -0.39 is 11.9 Å². The zero-order valence-electron chi connectivity index (χ0n) is 14.6. The number of carbonyl (C=O) groups excluding carboxylic acids is 2. The first-order valence-corrected chi connectivity index (χ1v) is 9.38. The minimum absolute atomic E-state index is 0.111. The van der Waals surface area contributed by atoms with Gasteiger partial charge in [0, 0.05) is 11.0 Å². The predicted molar refractivity (Wildman–Crippen MR) is 104 cm³/mol. The first-order valence-electron chi connectivity index (χ1n) is 8.59. The number of carbonyl (C=O) groups is 2. The Bertz CT molecular complexity index is 807. The Labute approximate surface area is 161 Å². The van der Waals surface area contributed by atoms with Gasteiger partial charge in [-0.2, -0.15) is 0 Å². The Hall–Kier alpha value is -2.18. The molecule has 5 nitrogen and oxygen atoms in total. The van der Waals surface area contributed by atoms with E-state index >= 15 is 0 Å². The lowest BCUT2D eigenvalue weighted by Crippen LogP contribution is -2.51. The normalized spacial score (nSPS) is 18.0. The van der Waals surface area contributed by atoms with Gasteiger partial charge in [-0.05, 0) is 42.2 Å². The van der Waals surface area contributed by atoms with Crippen molar-refractivity contribution in [2.45, 2.75) is 32.0 Å². The van der Waals surface area contributed by atoms with E-state index in [1.54, 1.807) is 0 Å². The fourth-order valence-electron chi connectivity index (χ4n) is 3.33. The molecular weight excluding hydrogens is 394 g/mol. The van der Waals surface area contributed by atoms with E-state index in [0.29, 0.717) is 13.0 Å². The Morgan fingerprint density at radius 1 is 1.19 bits per heavy atom. The minimum Gasteiger partial charge on any atom is -0.368 e. The largest absolute Gasteiger partial charge is 0.368 e. The second-order valence-corrected chi connectivity index (χ2v) is 7.55. The molecule has 3 N–H and O–H groups in total.